The zero-order chi connectivity index (χ0) is 8.55. The number of piperidine rings is 1. The van der Waals surface area contributed by atoms with Gasteiger partial charge >= 0.3 is 0 Å². The third kappa shape index (κ3) is 1.14. The lowest BCUT2D eigenvalue weighted by molar-refractivity contribution is -0.118. The highest BCUT2D eigenvalue weighted by atomic mass is 16.1. The average molecular weight is 166 g/mol. The van der Waals surface area contributed by atoms with Gasteiger partial charge in [0.25, 0.3) is 0 Å². The number of carbonyl (C=O) groups is 1. The fourth-order valence-corrected chi connectivity index (χ4v) is 1.98. The highest BCUT2D eigenvalue weighted by Crippen LogP contribution is 2.22. The summed E-state index contributed by atoms with van der Waals surface area (Å²) in [6.45, 7) is 0.976. The Kier molecular flexibility index (Phi) is 1.89. The Bertz CT molecular complexity index is 225. The van der Waals surface area contributed by atoms with Crippen molar-refractivity contribution >= 4 is 5.78 Å². The van der Waals surface area contributed by atoms with Gasteiger partial charge in [-0.15, -0.1) is 0 Å². The maximum Gasteiger partial charge on any atom is 0.179 e. The number of likely N-dealkylation sites (N-methyl/N-ethyl adjacent to an activating group) is 1. The van der Waals surface area contributed by atoms with Gasteiger partial charge in [-0.25, -0.2) is 0 Å². The molecule has 12 heavy (non-hydrogen) atoms. The fourth-order valence-electron chi connectivity index (χ4n) is 1.98. The van der Waals surface area contributed by atoms with E-state index in [1.807, 2.05) is 13.2 Å². The highest BCUT2D eigenvalue weighted by Gasteiger charge is 2.32. The lowest BCUT2D eigenvalue weighted by Crippen LogP contribution is -2.47. The molecule has 3 heteroatoms. The van der Waals surface area contributed by atoms with Crippen molar-refractivity contribution in [3.8, 4) is 0 Å². The molecular weight excluding hydrogens is 152 g/mol. The van der Waals surface area contributed by atoms with Gasteiger partial charge in [-0.1, -0.05) is 0 Å². The number of nitrogens with zero attached hydrogens (tertiary/aromatic N) is 1. The minimum absolute atomic E-state index is 0.162. The highest BCUT2D eigenvalue weighted by molar-refractivity contribution is 5.96. The second-order valence-corrected chi connectivity index (χ2v) is 3.49. The minimum atomic E-state index is 0.162. The van der Waals surface area contributed by atoms with E-state index >= 15 is 0 Å². The molecule has 0 aromatic heterocycles. The van der Waals surface area contributed by atoms with E-state index in [2.05, 4.69) is 10.2 Å². The lowest BCUT2D eigenvalue weighted by Gasteiger charge is -2.34. The Balaban J connectivity index is 2.03. The molecule has 1 N–H and O–H groups in total. The molecular formula is C9H14N2O. The maximum absolute atomic E-state index is 11.3. The van der Waals surface area contributed by atoms with Crippen LogP contribution in [0.25, 0.3) is 0 Å². The van der Waals surface area contributed by atoms with Gasteiger partial charge in [0.2, 0.25) is 0 Å². The van der Waals surface area contributed by atoms with Crippen LogP contribution in [-0.4, -0.2) is 36.4 Å². The SMILES string of the molecule is CNC1CCC2C(=O)C=CN2C1. The van der Waals surface area contributed by atoms with Crippen molar-refractivity contribution in [2.75, 3.05) is 13.6 Å². The van der Waals surface area contributed by atoms with E-state index in [1.54, 1.807) is 6.08 Å². The Morgan fingerprint density at radius 3 is 3.17 bits per heavy atom. The van der Waals surface area contributed by atoms with E-state index in [1.165, 1.54) is 0 Å². The molecule has 2 aliphatic rings. The van der Waals surface area contributed by atoms with Crippen LogP contribution < -0.4 is 5.32 Å². The van der Waals surface area contributed by atoms with Gasteiger partial charge in [-0.05, 0) is 26.0 Å². The van der Waals surface area contributed by atoms with Gasteiger partial charge in [0, 0.05) is 18.8 Å². The van der Waals surface area contributed by atoms with E-state index in [0.29, 0.717) is 6.04 Å². The van der Waals surface area contributed by atoms with Crippen molar-refractivity contribution in [2.45, 2.75) is 24.9 Å². The average Bonchev–Trinajstić information content (AvgIpc) is 2.47. The molecule has 2 heterocycles. The van der Waals surface area contributed by atoms with Crippen molar-refractivity contribution in [3.63, 3.8) is 0 Å². The van der Waals surface area contributed by atoms with E-state index in [4.69, 9.17) is 0 Å². The second-order valence-electron chi connectivity index (χ2n) is 3.49. The van der Waals surface area contributed by atoms with E-state index < -0.39 is 0 Å². The van der Waals surface area contributed by atoms with Crippen LogP contribution >= 0.6 is 0 Å². The summed E-state index contributed by atoms with van der Waals surface area (Å²) in [5, 5.41) is 3.24. The Morgan fingerprint density at radius 2 is 2.42 bits per heavy atom. The summed E-state index contributed by atoms with van der Waals surface area (Å²) < 4.78 is 0. The molecule has 2 aliphatic heterocycles. The predicted octanol–water partition coefficient (Wildman–Crippen LogP) is 0.135. The summed E-state index contributed by atoms with van der Waals surface area (Å²) in [6, 6.07) is 0.714. The third-order valence-electron chi connectivity index (χ3n) is 2.79. The quantitative estimate of drug-likeness (QED) is 0.601. The van der Waals surface area contributed by atoms with Gasteiger partial charge < -0.3 is 10.2 Å². The Hall–Kier alpha value is -0.830. The number of hydrogen-bond donors (Lipinski definition) is 1. The summed E-state index contributed by atoms with van der Waals surface area (Å²) >= 11 is 0. The van der Waals surface area contributed by atoms with Crippen molar-refractivity contribution in [1.82, 2.24) is 10.2 Å². The van der Waals surface area contributed by atoms with Crippen LogP contribution in [0.1, 0.15) is 12.8 Å². The summed E-state index contributed by atoms with van der Waals surface area (Å²) in [5.41, 5.74) is 0. The summed E-state index contributed by atoms with van der Waals surface area (Å²) in [7, 11) is 1.98. The van der Waals surface area contributed by atoms with Crippen molar-refractivity contribution < 1.29 is 4.79 Å². The van der Waals surface area contributed by atoms with Crippen LogP contribution in [-0.2, 0) is 4.79 Å². The number of fused-ring (bicyclic) bond motifs is 1. The molecule has 0 saturated carbocycles. The van der Waals surface area contributed by atoms with E-state index in [-0.39, 0.29) is 11.8 Å². The molecule has 0 aromatic rings. The molecule has 3 nitrogen and oxygen atoms in total. The summed E-state index contributed by atoms with van der Waals surface area (Å²) in [6.07, 6.45) is 5.74. The number of ketones is 1. The molecule has 2 atom stereocenters. The first-order valence-electron chi connectivity index (χ1n) is 4.46. The molecule has 2 unspecified atom stereocenters. The Morgan fingerprint density at radius 1 is 1.58 bits per heavy atom. The third-order valence-corrected chi connectivity index (χ3v) is 2.79. The van der Waals surface area contributed by atoms with E-state index in [9.17, 15) is 4.79 Å². The molecule has 0 aromatic carbocycles. The molecule has 0 spiro atoms. The van der Waals surface area contributed by atoms with Gasteiger partial charge in [-0.3, -0.25) is 4.79 Å². The molecule has 0 amide bonds. The molecule has 2 rings (SSSR count). The van der Waals surface area contributed by atoms with Crippen LogP contribution in [0.15, 0.2) is 12.3 Å². The van der Waals surface area contributed by atoms with Gasteiger partial charge in [0.15, 0.2) is 5.78 Å². The normalized spacial score (nSPS) is 34.1. The van der Waals surface area contributed by atoms with Crippen LogP contribution in [0.4, 0.5) is 0 Å². The first kappa shape index (κ1) is 7.80. The monoisotopic (exact) mass is 166 g/mol. The smallest absolute Gasteiger partial charge is 0.179 e. The topological polar surface area (TPSA) is 32.3 Å². The van der Waals surface area contributed by atoms with Crippen molar-refractivity contribution in [3.05, 3.63) is 12.3 Å². The maximum atomic E-state index is 11.3. The fraction of sp³-hybridized carbons (Fsp3) is 0.667. The standard InChI is InChI=1S/C9H14N2O/c1-10-7-2-3-8-9(12)4-5-11(8)6-7/h4-5,7-8,10H,2-3,6H2,1H3. The summed E-state index contributed by atoms with van der Waals surface area (Å²) in [4.78, 5) is 13.4. The lowest BCUT2D eigenvalue weighted by atomic mass is 9.98. The molecule has 1 fully saturated rings. The van der Waals surface area contributed by atoms with Gasteiger partial charge in [0.1, 0.15) is 0 Å². The van der Waals surface area contributed by atoms with Crippen molar-refractivity contribution in [2.24, 2.45) is 0 Å². The first-order chi connectivity index (χ1) is 5.81. The van der Waals surface area contributed by atoms with E-state index in [0.717, 1.165) is 19.4 Å². The molecule has 0 bridgehead atoms. The summed E-state index contributed by atoms with van der Waals surface area (Å²) in [5.74, 6) is 0.282. The number of rotatable bonds is 1. The molecule has 66 valence electrons. The Labute approximate surface area is 72.4 Å². The molecule has 1 saturated heterocycles. The number of hydrogen-bond acceptors (Lipinski definition) is 3. The zero-order valence-corrected chi connectivity index (χ0v) is 7.29. The van der Waals surface area contributed by atoms with Crippen molar-refractivity contribution in [1.29, 1.82) is 0 Å². The van der Waals surface area contributed by atoms with Gasteiger partial charge in [0.05, 0.1) is 6.04 Å². The van der Waals surface area contributed by atoms with Crippen LogP contribution in [0.5, 0.6) is 0 Å². The van der Waals surface area contributed by atoms with Crippen LogP contribution in [0.3, 0.4) is 0 Å². The van der Waals surface area contributed by atoms with Crippen LogP contribution in [0.2, 0.25) is 0 Å². The zero-order valence-electron chi connectivity index (χ0n) is 7.29. The first-order valence-corrected chi connectivity index (χ1v) is 4.46. The van der Waals surface area contributed by atoms with Gasteiger partial charge in [-0.2, -0.15) is 0 Å². The largest absolute Gasteiger partial charge is 0.365 e. The number of nitrogens with one attached hydrogen (secondary N) is 1. The molecule has 0 radical (unpaired) electrons. The van der Waals surface area contributed by atoms with Crippen LogP contribution in [0, 0.1) is 0 Å². The number of carbonyl (C=O) groups excluding carboxylic acids is 1. The molecule has 0 aliphatic carbocycles. The predicted molar refractivity (Wildman–Crippen MR) is 46.7 cm³/mol. The second kappa shape index (κ2) is 2.90. The minimum Gasteiger partial charge on any atom is -0.365 e.